The number of hydrogen-bond donors (Lipinski definition) is 3. The molecule has 2 aliphatic rings. The number of aliphatic hydroxyl groups is 1. The van der Waals surface area contributed by atoms with Crippen molar-refractivity contribution in [3.63, 3.8) is 0 Å². The zero-order valence-electron chi connectivity index (χ0n) is 16.4. The Kier molecular flexibility index (Phi) is 5.45. The molecule has 3 heterocycles. The maximum absolute atomic E-state index is 9.81. The Hall–Kier alpha value is -1.93. The fourth-order valence-electron chi connectivity index (χ4n) is 4.15. The zero-order valence-corrected chi connectivity index (χ0v) is 16.4. The van der Waals surface area contributed by atoms with Gasteiger partial charge in [-0.25, -0.2) is 4.98 Å². The van der Waals surface area contributed by atoms with E-state index in [4.69, 9.17) is 15.1 Å². The van der Waals surface area contributed by atoms with Crippen LogP contribution in [0.3, 0.4) is 0 Å². The Morgan fingerprint density at radius 1 is 1.15 bits per heavy atom. The number of anilines is 2. The number of hydrogen-bond acceptors (Lipinski definition) is 7. The van der Waals surface area contributed by atoms with Crippen molar-refractivity contribution in [2.75, 3.05) is 36.4 Å². The fraction of sp³-hybridized carbons (Fsp3) is 0.737. The van der Waals surface area contributed by atoms with Crippen LogP contribution < -0.4 is 15.5 Å². The van der Waals surface area contributed by atoms with Gasteiger partial charge in [-0.1, -0.05) is 13.3 Å². The molecule has 1 saturated heterocycles. The van der Waals surface area contributed by atoms with Gasteiger partial charge in [-0.05, 0) is 32.1 Å². The molecule has 8 nitrogen and oxygen atoms in total. The molecule has 27 heavy (non-hydrogen) atoms. The molecule has 1 aliphatic carbocycles. The molecule has 0 bridgehead atoms. The third-order valence-corrected chi connectivity index (χ3v) is 5.66. The zero-order chi connectivity index (χ0) is 18.8. The number of piperazine rings is 1. The summed E-state index contributed by atoms with van der Waals surface area (Å²) in [6.45, 7) is 5.93. The van der Waals surface area contributed by atoms with Gasteiger partial charge in [0, 0.05) is 39.3 Å². The molecule has 0 amide bonds. The van der Waals surface area contributed by atoms with Gasteiger partial charge in [-0.3, -0.25) is 4.68 Å². The number of aliphatic hydroxyl groups excluding tert-OH is 1. The number of aryl methyl sites for hydroxylation is 2. The molecule has 2 aromatic heterocycles. The molecule has 4 rings (SSSR count). The summed E-state index contributed by atoms with van der Waals surface area (Å²) in [5.41, 5.74) is 3.01. The monoisotopic (exact) mass is 373 g/mol. The first-order valence-electron chi connectivity index (χ1n) is 10.3. The molecule has 2 aromatic rings. The van der Waals surface area contributed by atoms with E-state index in [1.165, 1.54) is 0 Å². The van der Waals surface area contributed by atoms with E-state index in [0.717, 1.165) is 93.2 Å². The number of rotatable bonds is 5. The van der Waals surface area contributed by atoms with Crippen LogP contribution in [0.25, 0.3) is 11.0 Å². The molecule has 0 radical (unpaired) electrons. The van der Waals surface area contributed by atoms with Gasteiger partial charge in [0.25, 0.3) is 0 Å². The van der Waals surface area contributed by atoms with E-state index in [9.17, 15) is 5.11 Å². The van der Waals surface area contributed by atoms with Gasteiger partial charge in [0.05, 0.1) is 11.8 Å². The largest absolute Gasteiger partial charge is 0.393 e. The first-order chi connectivity index (χ1) is 13.2. The molecular weight excluding hydrogens is 342 g/mol. The SMILES string of the molecule is CCCc1nn(C)c2c(N[C@H]3CC[C@H](O)CC3)nc(N3CCNCC3)nc12. The van der Waals surface area contributed by atoms with Crippen LogP contribution >= 0.6 is 0 Å². The maximum atomic E-state index is 9.81. The van der Waals surface area contributed by atoms with E-state index in [0.29, 0.717) is 6.04 Å². The van der Waals surface area contributed by atoms with Gasteiger partial charge in [-0.2, -0.15) is 10.1 Å². The van der Waals surface area contributed by atoms with Gasteiger partial charge >= 0.3 is 0 Å². The van der Waals surface area contributed by atoms with E-state index >= 15 is 0 Å². The van der Waals surface area contributed by atoms with Crippen molar-refractivity contribution in [1.29, 1.82) is 0 Å². The fourth-order valence-corrected chi connectivity index (χ4v) is 4.15. The van der Waals surface area contributed by atoms with Gasteiger partial charge in [0.1, 0.15) is 11.0 Å². The lowest BCUT2D eigenvalue weighted by Gasteiger charge is -2.29. The lowest BCUT2D eigenvalue weighted by Crippen LogP contribution is -2.44. The van der Waals surface area contributed by atoms with Gasteiger partial charge in [0.2, 0.25) is 5.95 Å². The average molecular weight is 374 g/mol. The summed E-state index contributed by atoms with van der Waals surface area (Å²) in [6.07, 6.45) is 5.45. The molecule has 1 saturated carbocycles. The molecule has 0 aromatic carbocycles. The normalized spacial score (nSPS) is 23.7. The van der Waals surface area contributed by atoms with Crippen LogP contribution in [0.1, 0.15) is 44.7 Å². The van der Waals surface area contributed by atoms with Crippen LogP contribution in [-0.2, 0) is 13.5 Å². The molecule has 2 fully saturated rings. The van der Waals surface area contributed by atoms with Crippen LogP contribution in [0.15, 0.2) is 0 Å². The van der Waals surface area contributed by atoms with Crippen LogP contribution in [0, 0.1) is 0 Å². The van der Waals surface area contributed by atoms with Crippen molar-refractivity contribution in [3.8, 4) is 0 Å². The Morgan fingerprint density at radius 3 is 2.59 bits per heavy atom. The van der Waals surface area contributed by atoms with E-state index in [1.807, 2.05) is 11.7 Å². The highest BCUT2D eigenvalue weighted by Crippen LogP contribution is 2.29. The summed E-state index contributed by atoms with van der Waals surface area (Å²) in [5, 5.41) is 21.6. The highest BCUT2D eigenvalue weighted by atomic mass is 16.3. The number of fused-ring (bicyclic) bond motifs is 1. The van der Waals surface area contributed by atoms with Crippen molar-refractivity contribution >= 4 is 22.8 Å². The molecule has 0 unspecified atom stereocenters. The Morgan fingerprint density at radius 2 is 1.89 bits per heavy atom. The molecule has 3 N–H and O–H groups in total. The highest BCUT2D eigenvalue weighted by Gasteiger charge is 2.24. The minimum Gasteiger partial charge on any atom is -0.393 e. The smallest absolute Gasteiger partial charge is 0.228 e. The molecular formula is C19H31N7O. The van der Waals surface area contributed by atoms with Crippen molar-refractivity contribution < 1.29 is 5.11 Å². The number of nitrogens with one attached hydrogen (secondary N) is 2. The molecule has 1 aliphatic heterocycles. The lowest BCUT2D eigenvalue weighted by molar-refractivity contribution is 0.126. The summed E-state index contributed by atoms with van der Waals surface area (Å²) >= 11 is 0. The third kappa shape index (κ3) is 3.87. The van der Waals surface area contributed by atoms with Crippen LogP contribution in [0.4, 0.5) is 11.8 Å². The standard InChI is InChI=1S/C19H31N7O/c1-3-4-15-16-17(25(2)24-15)18(21-13-5-7-14(27)8-6-13)23-19(22-16)26-11-9-20-10-12-26/h13-14,20,27H,3-12H2,1-2H3,(H,21,22,23)/t13-,14-. The van der Waals surface area contributed by atoms with Gasteiger partial charge in [0.15, 0.2) is 5.82 Å². The summed E-state index contributed by atoms with van der Waals surface area (Å²) in [4.78, 5) is 12.1. The second kappa shape index (κ2) is 7.98. The van der Waals surface area contributed by atoms with Crippen molar-refractivity contribution in [3.05, 3.63) is 5.69 Å². The first-order valence-corrected chi connectivity index (χ1v) is 10.3. The van der Waals surface area contributed by atoms with Crippen LogP contribution in [-0.4, -0.2) is 63.2 Å². The summed E-state index contributed by atoms with van der Waals surface area (Å²) in [5.74, 6) is 1.68. The second-order valence-corrected chi connectivity index (χ2v) is 7.78. The Bertz CT molecular complexity index is 776. The Labute approximate surface area is 160 Å². The molecule has 0 atom stereocenters. The predicted molar refractivity (Wildman–Crippen MR) is 107 cm³/mol. The average Bonchev–Trinajstić information content (AvgIpc) is 3.00. The van der Waals surface area contributed by atoms with Crippen molar-refractivity contribution in [1.82, 2.24) is 25.1 Å². The molecule has 8 heteroatoms. The minimum absolute atomic E-state index is 0.155. The highest BCUT2D eigenvalue weighted by molar-refractivity contribution is 5.89. The third-order valence-electron chi connectivity index (χ3n) is 5.66. The van der Waals surface area contributed by atoms with Crippen molar-refractivity contribution in [2.24, 2.45) is 7.05 Å². The maximum Gasteiger partial charge on any atom is 0.228 e. The summed E-state index contributed by atoms with van der Waals surface area (Å²) < 4.78 is 1.92. The first kappa shape index (κ1) is 18.4. The van der Waals surface area contributed by atoms with Gasteiger partial charge in [-0.15, -0.1) is 0 Å². The topological polar surface area (TPSA) is 91.1 Å². The lowest BCUT2D eigenvalue weighted by atomic mass is 9.93. The van der Waals surface area contributed by atoms with Gasteiger partial charge < -0.3 is 20.6 Å². The summed E-state index contributed by atoms with van der Waals surface area (Å²) in [7, 11) is 1.98. The summed E-state index contributed by atoms with van der Waals surface area (Å²) in [6, 6.07) is 0.340. The van der Waals surface area contributed by atoms with Crippen molar-refractivity contribution in [2.45, 2.75) is 57.6 Å². The number of nitrogens with zero attached hydrogens (tertiary/aromatic N) is 5. The van der Waals surface area contributed by atoms with E-state index in [-0.39, 0.29) is 6.10 Å². The van der Waals surface area contributed by atoms with E-state index in [1.54, 1.807) is 0 Å². The molecule has 148 valence electrons. The molecule has 0 spiro atoms. The van der Waals surface area contributed by atoms with E-state index < -0.39 is 0 Å². The quantitative estimate of drug-likeness (QED) is 0.730. The van der Waals surface area contributed by atoms with Crippen LogP contribution in [0.5, 0.6) is 0 Å². The predicted octanol–water partition coefficient (Wildman–Crippen LogP) is 1.44. The van der Waals surface area contributed by atoms with E-state index in [2.05, 4.69) is 22.5 Å². The Balaban J connectivity index is 1.72. The minimum atomic E-state index is -0.155. The second-order valence-electron chi connectivity index (χ2n) is 7.78. The van der Waals surface area contributed by atoms with Crippen LogP contribution in [0.2, 0.25) is 0 Å². The number of aromatic nitrogens is 4.